The summed E-state index contributed by atoms with van der Waals surface area (Å²) in [6.07, 6.45) is 0.151. The van der Waals surface area contributed by atoms with Gasteiger partial charge in [-0.3, -0.25) is 4.79 Å². The molecule has 1 amide bonds. The molecule has 1 rings (SSSR count). The number of hydrogen-bond donors (Lipinski definition) is 2. The number of aryl methyl sites for hydroxylation is 2. The Morgan fingerprint density at radius 3 is 2.15 bits per heavy atom. The molecule has 0 aromatic heterocycles. The molecule has 0 saturated carbocycles. The lowest BCUT2D eigenvalue weighted by Gasteiger charge is -2.21. The van der Waals surface area contributed by atoms with Gasteiger partial charge in [0.1, 0.15) is 11.3 Å². The minimum atomic E-state index is -1.27. The molecule has 1 aromatic carbocycles. The highest BCUT2D eigenvalue weighted by molar-refractivity contribution is 5.87. The molecule has 5 heteroatoms. The van der Waals surface area contributed by atoms with E-state index < -0.39 is 11.5 Å². The molecule has 110 valence electrons. The number of ether oxygens (including phenoxy) is 1. The first-order valence-corrected chi connectivity index (χ1v) is 6.36. The lowest BCUT2D eigenvalue weighted by Crippen LogP contribution is -2.50. The molecule has 2 N–H and O–H groups in total. The molecule has 0 saturated heterocycles. The van der Waals surface area contributed by atoms with Crippen molar-refractivity contribution in [3.05, 3.63) is 28.8 Å². The number of rotatable bonds is 5. The van der Waals surface area contributed by atoms with E-state index >= 15 is 0 Å². The third-order valence-electron chi connectivity index (χ3n) is 3.23. The van der Waals surface area contributed by atoms with E-state index in [4.69, 9.17) is 9.84 Å². The first-order chi connectivity index (χ1) is 9.17. The van der Waals surface area contributed by atoms with Gasteiger partial charge in [0, 0.05) is 0 Å². The van der Waals surface area contributed by atoms with Gasteiger partial charge in [-0.2, -0.15) is 0 Å². The number of carboxylic acids is 1. The monoisotopic (exact) mass is 279 g/mol. The van der Waals surface area contributed by atoms with Crippen LogP contribution in [0.4, 0.5) is 0 Å². The zero-order chi connectivity index (χ0) is 15.5. The van der Waals surface area contributed by atoms with Crippen LogP contribution >= 0.6 is 0 Å². The Labute approximate surface area is 118 Å². The molecule has 20 heavy (non-hydrogen) atoms. The number of carbonyl (C=O) groups is 2. The van der Waals surface area contributed by atoms with Gasteiger partial charge < -0.3 is 15.2 Å². The molecule has 0 aliphatic heterocycles. The SMILES string of the molecule is COc1cc(C)c(CC(=O)NC(C)(C)C(=O)O)c(C)c1. The number of hydrogen-bond acceptors (Lipinski definition) is 3. The Morgan fingerprint density at radius 2 is 1.75 bits per heavy atom. The maximum Gasteiger partial charge on any atom is 0.328 e. The molecule has 0 unspecified atom stereocenters. The van der Waals surface area contributed by atoms with Crippen molar-refractivity contribution in [1.82, 2.24) is 5.32 Å². The van der Waals surface area contributed by atoms with Crippen LogP contribution in [0.25, 0.3) is 0 Å². The van der Waals surface area contributed by atoms with Gasteiger partial charge in [-0.05, 0) is 56.5 Å². The van der Waals surface area contributed by atoms with Crippen molar-refractivity contribution in [3.8, 4) is 5.75 Å². The van der Waals surface area contributed by atoms with Crippen LogP contribution in [0.5, 0.6) is 5.75 Å². The molecule has 0 spiro atoms. The molecule has 0 atom stereocenters. The predicted molar refractivity (Wildman–Crippen MR) is 76.0 cm³/mol. The van der Waals surface area contributed by atoms with Crippen LogP contribution in [0, 0.1) is 13.8 Å². The maximum atomic E-state index is 12.0. The molecular weight excluding hydrogens is 258 g/mol. The maximum absolute atomic E-state index is 12.0. The van der Waals surface area contributed by atoms with Gasteiger partial charge in [0.15, 0.2) is 0 Å². The van der Waals surface area contributed by atoms with Crippen LogP contribution in [-0.4, -0.2) is 29.6 Å². The molecule has 0 bridgehead atoms. The molecule has 5 nitrogen and oxygen atoms in total. The topological polar surface area (TPSA) is 75.6 Å². The first kappa shape index (κ1) is 16.0. The van der Waals surface area contributed by atoms with Gasteiger partial charge >= 0.3 is 5.97 Å². The van der Waals surface area contributed by atoms with E-state index in [1.54, 1.807) is 7.11 Å². The third kappa shape index (κ3) is 3.73. The van der Waals surface area contributed by atoms with Crippen LogP contribution in [-0.2, 0) is 16.0 Å². The predicted octanol–water partition coefficient (Wildman–Crippen LogP) is 1.83. The highest BCUT2D eigenvalue weighted by atomic mass is 16.5. The fourth-order valence-corrected chi connectivity index (χ4v) is 1.96. The van der Waals surface area contributed by atoms with E-state index in [1.807, 2.05) is 26.0 Å². The summed E-state index contributed by atoms with van der Waals surface area (Å²) < 4.78 is 5.17. The van der Waals surface area contributed by atoms with Crippen LogP contribution in [0.1, 0.15) is 30.5 Å². The van der Waals surface area contributed by atoms with Crippen LogP contribution in [0.15, 0.2) is 12.1 Å². The fourth-order valence-electron chi connectivity index (χ4n) is 1.96. The fraction of sp³-hybridized carbons (Fsp3) is 0.467. The van der Waals surface area contributed by atoms with Crippen molar-refractivity contribution in [2.75, 3.05) is 7.11 Å². The molecule has 0 fully saturated rings. The summed E-state index contributed by atoms with van der Waals surface area (Å²) >= 11 is 0. The van der Waals surface area contributed by atoms with Crippen LogP contribution < -0.4 is 10.1 Å². The Morgan fingerprint density at radius 1 is 1.25 bits per heavy atom. The molecule has 0 aliphatic carbocycles. The van der Waals surface area contributed by atoms with Crippen molar-refractivity contribution in [2.45, 2.75) is 39.7 Å². The average molecular weight is 279 g/mol. The third-order valence-corrected chi connectivity index (χ3v) is 3.23. The summed E-state index contributed by atoms with van der Waals surface area (Å²) in [5, 5.41) is 11.5. The number of amides is 1. The lowest BCUT2D eigenvalue weighted by molar-refractivity contribution is -0.145. The van der Waals surface area contributed by atoms with E-state index in [2.05, 4.69) is 5.32 Å². The van der Waals surface area contributed by atoms with Crippen molar-refractivity contribution in [2.24, 2.45) is 0 Å². The Bertz CT molecular complexity index is 512. The van der Waals surface area contributed by atoms with Crippen LogP contribution in [0.3, 0.4) is 0 Å². The Hall–Kier alpha value is -2.04. The number of aliphatic carboxylic acids is 1. The summed E-state index contributed by atoms with van der Waals surface area (Å²) in [6.45, 7) is 6.73. The summed E-state index contributed by atoms with van der Waals surface area (Å²) in [5.74, 6) is -0.627. The summed E-state index contributed by atoms with van der Waals surface area (Å²) in [6, 6.07) is 3.72. The normalized spacial score (nSPS) is 11.1. The average Bonchev–Trinajstić information content (AvgIpc) is 2.32. The van der Waals surface area contributed by atoms with Gasteiger partial charge in [-0.1, -0.05) is 0 Å². The zero-order valence-corrected chi connectivity index (χ0v) is 12.5. The van der Waals surface area contributed by atoms with Gasteiger partial charge in [0.2, 0.25) is 5.91 Å². The van der Waals surface area contributed by atoms with Gasteiger partial charge in [-0.25, -0.2) is 4.79 Å². The standard InChI is InChI=1S/C15H21NO4/c1-9-6-11(20-5)7-10(2)12(9)8-13(17)16-15(3,4)14(18)19/h6-7H,8H2,1-5H3,(H,16,17)(H,18,19). The number of methoxy groups -OCH3 is 1. The minimum absolute atomic E-state index is 0.151. The van der Waals surface area contributed by atoms with Crippen molar-refractivity contribution < 1.29 is 19.4 Å². The van der Waals surface area contributed by atoms with E-state index in [0.29, 0.717) is 0 Å². The number of carboxylic acid groups (broad SMARTS) is 1. The van der Waals surface area contributed by atoms with E-state index in [0.717, 1.165) is 22.4 Å². The van der Waals surface area contributed by atoms with Crippen molar-refractivity contribution in [3.63, 3.8) is 0 Å². The number of carbonyl (C=O) groups excluding carboxylic acids is 1. The second-order valence-corrected chi connectivity index (χ2v) is 5.39. The van der Waals surface area contributed by atoms with Gasteiger partial charge in [0.05, 0.1) is 13.5 Å². The summed E-state index contributed by atoms with van der Waals surface area (Å²) in [4.78, 5) is 23.0. The van der Waals surface area contributed by atoms with Gasteiger partial charge in [0.25, 0.3) is 0 Å². The van der Waals surface area contributed by atoms with Crippen molar-refractivity contribution in [1.29, 1.82) is 0 Å². The largest absolute Gasteiger partial charge is 0.497 e. The van der Waals surface area contributed by atoms with E-state index in [1.165, 1.54) is 13.8 Å². The Balaban J connectivity index is 2.89. The highest BCUT2D eigenvalue weighted by Crippen LogP contribution is 2.22. The quantitative estimate of drug-likeness (QED) is 0.862. The van der Waals surface area contributed by atoms with E-state index in [9.17, 15) is 9.59 Å². The Kier molecular flexibility index (Phi) is 4.76. The van der Waals surface area contributed by atoms with Gasteiger partial charge in [-0.15, -0.1) is 0 Å². The molecule has 0 radical (unpaired) electrons. The first-order valence-electron chi connectivity index (χ1n) is 6.36. The molecule has 0 heterocycles. The van der Waals surface area contributed by atoms with Crippen LogP contribution in [0.2, 0.25) is 0 Å². The smallest absolute Gasteiger partial charge is 0.328 e. The summed E-state index contributed by atoms with van der Waals surface area (Å²) in [7, 11) is 1.59. The second kappa shape index (κ2) is 5.94. The number of nitrogens with one attached hydrogen (secondary N) is 1. The summed E-state index contributed by atoms with van der Waals surface area (Å²) in [5.41, 5.74) is 1.52. The molecular formula is C15H21NO4. The number of benzene rings is 1. The highest BCUT2D eigenvalue weighted by Gasteiger charge is 2.29. The van der Waals surface area contributed by atoms with Crippen molar-refractivity contribution >= 4 is 11.9 Å². The van der Waals surface area contributed by atoms with E-state index in [-0.39, 0.29) is 12.3 Å². The minimum Gasteiger partial charge on any atom is -0.497 e. The molecule has 1 aromatic rings. The zero-order valence-electron chi connectivity index (χ0n) is 12.5. The lowest BCUT2D eigenvalue weighted by atomic mass is 9.98. The second-order valence-electron chi connectivity index (χ2n) is 5.39. The molecule has 0 aliphatic rings.